The van der Waals surface area contributed by atoms with E-state index < -0.39 is 10.0 Å². The number of hydrogen-bond donors (Lipinski definition) is 0. The minimum absolute atomic E-state index is 0.0323. The highest BCUT2D eigenvalue weighted by molar-refractivity contribution is 9.09. The second-order valence-electron chi connectivity index (χ2n) is 3.82. The molecule has 0 saturated carbocycles. The molecular weight excluding hydrogens is 318 g/mol. The number of alkyl halides is 1. The van der Waals surface area contributed by atoms with Crippen molar-refractivity contribution in [1.82, 2.24) is 4.31 Å². The molecule has 0 aliphatic carbocycles. The lowest BCUT2D eigenvalue weighted by molar-refractivity contribution is 0.180. The number of rotatable bonds is 8. The smallest absolute Gasteiger partial charge is 0.218 e. The third-order valence-corrected chi connectivity index (χ3v) is 4.67. The van der Waals surface area contributed by atoms with Crippen LogP contribution in [-0.2, 0) is 20.5 Å². The highest BCUT2D eigenvalue weighted by Gasteiger charge is 2.21. The molecule has 0 radical (unpaired) electrons. The molecule has 0 aliphatic heterocycles. The van der Waals surface area contributed by atoms with Crippen molar-refractivity contribution >= 4 is 26.0 Å². The topological polar surface area (TPSA) is 46.6 Å². The summed E-state index contributed by atoms with van der Waals surface area (Å²) in [7, 11) is -1.72. The Morgan fingerprint density at radius 1 is 1.22 bits per heavy atom. The largest absolute Gasteiger partial charge is 0.383 e. The molecule has 0 saturated heterocycles. The third kappa shape index (κ3) is 5.06. The highest BCUT2D eigenvalue weighted by atomic mass is 79.9. The molecule has 0 aromatic heterocycles. The molecule has 1 aromatic carbocycles. The zero-order chi connectivity index (χ0) is 13.4. The molecule has 0 atom stereocenters. The highest BCUT2D eigenvalue weighted by Crippen LogP contribution is 2.11. The van der Waals surface area contributed by atoms with Crippen molar-refractivity contribution in [3.8, 4) is 0 Å². The number of nitrogens with zero attached hydrogens (tertiary/aromatic N) is 1. The Bertz CT molecular complexity index is 436. The first-order chi connectivity index (χ1) is 8.60. The van der Waals surface area contributed by atoms with Gasteiger partial charge in [0.05, 0.1) is 12.4 Å². The number of benzene rings is 1. The summed E-state index contributed by atoms with van der Waals surface area (Å²) in [5.74, 6) is 0.0323. The first-order valence-corrected chi connectivity index (χ1v) is 8.40. The van der Waals surface area contributed by atoms with E-state index in [-0.39, 0.29) is 5.75 Å². The van der Waals surface area contributed by atoms with Crippen molar-refractivity contribution < 1.29 is 13.2 Å². The van der Waals surface area contributed by atoms with Crippen molar-refractivity contribution in [3.63, 3.8) is 0 Å². The Morgan fingerprint density at radius 2 is 1.89 bits per heavy atom. The van der Waals surface area contributed by atoms with E-state index in [4.69, 9.17) is 4.74 Å². The van der Waals surface area contributed by atoms with Crippen LogP contribution in [0.15, 0.2) is 30.3 Å². The van der Waals surface area contributed by atoms with Crippen LogP contribution in [0.2, 0.25) is 0 Å². The third-order valence-electron chi connectivity index (χ3n) is 2.46. The fourth-order valence-electron chi connectivity index (χ4n) is 1.55. The molecule has 0 aliphatic rings. The molecule has 1 aromatic rings. The summed E-state index contributed by atoms with van der Waals surface area (Å²) in [5.41, 5.74) is 0.800. The van der Waals surface area contributed by atoms with Gasteiger partial charge < -0.3 is 4.74 Å². The maximum Gasteiger partial charge on any atom is 0.218 e. The Balaban J connectivity index is 2.75. The van der Waals surface area contributed by atoms with Crippen molar-refractivity contribution in [1.29, 1.82) is 0 Å². The average Bonchev–Trinajstić information content (AvgIpc) is 2.35. The number of halogens is 1. The standard InChI is InChI=1S/C12H18BrNO3S/c1-17-10-9-14(8-7-13)18(15,16)11-12-5-3-2-4-6-12/h2-6H,7-11H2,1H3. The summed E-state index contributed by atoms with van der Waals surface area (Å²) in [5, 5.41) is 0.616. The van der Waals surface area contributed by atoms with Gasteiger partial charge in [-0.2, -0.15) is 4.31 Å². The molecular formula is C12H18BrNO3S. The first-order valence-electron chi connectivity index (χ1n) is 5.67. The number of sulfonamides is 1. The van der Waals surface area contributed by atoms with Crippen molar-refractivity contribution in [3.05, 3.63) is 35.9 Å². The molecule has 4 nitrogen and oxygen atoms in total. The van der Waals surface area contributed by atoms with E-state index in [2.05, 4.69) is 15.9 Å². The zero-order valence-corrected chi connectivity index (χ0v) is 12.8. The zero-order valence-electron chi connectivity index (χ0n) is 10.4. The van der Waals surface area contributed by atoms with Gasteiger partial charge in [-0.3, -0.25) is 0 Å². The normalized spacial score (nSPS) is 11.9. The summed E-state index contributed by atoms with van der Waals surface area (Å²) in [6.07, 6.45) is 0. The number of methoxy groups -OCH3 is 1. The van der Waals surface area contributed by atoms with E-state index in [9.17, 15) is 8.42 Å². The minimum atomic E-state index is -3.29. The molecule has 0 unspecified atom stereocenters. The number of ether oxygens (including phenoxy) is 1. The average molecular weight is 336 g/mol. The van der Waals surface area contributed by atoms with E-state index in [1.807, 2.05) is 30.3 Å². The van der Waals surface area contributed by atoms with Gasteiger partial charge in [-0.1, -0.05) is 46.3 Å². The SMILES string of the molecule is COCCN(CCBr)S(=O)(=O)Cc1ccccc1. The van der Waals surface area contributed by atoms with Crippen LogP contribution < -0.4 is 0 Å². The fraction of sp³-hybridized carbons (Fsp3) is 0.500. The first kappa shape index (κ1) is 15.6. The molecule has 0 fully saturated rings. The predicted molar refractivity (Wildman–Crippen MR) is 76.3 cm³/mol. The van der Waals surface area contributed by atoms with Gasteiger partial charge in [0, 0.05) is 25.5 Å². The molecule has 0 bridgehead atoms. The van der Waals surface area contributed by atoms with Crippen LogP contribution >= 0.6 is 15.9 Å². The summed E-state index contributed by atoms with van der Waals surface area (Å²) in [6.45, 7) is 1.25. The van der Waals surface area contributed by atoms with E-state index in [0.717, 1.165) is 5.56 Å². The van der Waals surface area contributed by atoms with Crippen LogP contribution in [-0.4, -0.2) is 44.9 Å². The molecule has 18 heavy (non-hydrogen) atoms. The van der Waals surface area contributed by atoms with Crippen LogP contribution in [0.4, 0.5) is 0 Å². The Labute approximate surface area is 117 Å². The Morgan fingerprint density at radius 3 is 2.44 bits per heavy atom. The van der Waals surface area contributed by atoms with Gasteiger partial charge in [0.2, 0.25) is 10.0 Å². The molecule has 0 N–H and O–H groups in total. The molecule has 0 amide bonds. The monoisotopic (exact) mass is 335 g/mol. The summed E-state index contributed by atoms with van der Waals surface area (Å²) in [4.78, 5) is 0. The van der Waals surface area contributed by atoms with Gasteiger partial charge in [0.25, 0.3) is 0 Å². The lowest BCUT2D eigenvalue weighted by atomic mass is 10.2. The molecule has 0 heterocycles. The van der Waals surface area contributed by atoms with Gasteiger partial charge in [-0.05, 0) is 5.56 Å². The second-order valence-corrected chi connectivity index (χ2v) is 6.58. The van der Waals surface area contributed by atoms with E-state index in [1.54, 1.807) is 7.11 Å². The predicted octanol–water partition coefficient (Wildman–Crippen LogP) is 1.86. The van der Waals surface area contributed by atoms with Crippen LogP contribution in [0.3, 0.4) is 0 Å². The molecule has 1 rings (SSSR count). The van der Waals surface area contributed by atoms with Crippen LogP contribution in [0.5, 0.6) is 0 Å². The van der Waals surface area contributed by atoms with E-state index in [0.29, 0.717) is 25.0 Å². The summed E-state index contributed by atoms with van der Waals surface area (Å²) < 4.78 is 30.9. The van der Waals surface area contributed by atoms with Gasteiger partial charge in [-0.15, -0.1) is 0 Å². The number of hydrogen-bond acceptors (Lipinski definition) is 3. The van der Waals surface area contributed by atoms with E-state index in [1.165, 1.54) is 4.31 Å². The molecule has 0 spiro atoms. The maximum absolute atomic E-state index is 12.2. The van der Waals surface area contributed by atoms with Crippen LogP contribution in [0.25, 0.3) is 0 Å². The summed E-state index contributed by atoms with van der Waals surface area (Å²) >= 11 is 3.27. The molecule has 6 heteroatoms. The Kier molecular flexibility index (Phi) is 6.85. The lowest BCUT2D eigenvalue weighted by Gasteiger charge is -2.20. The quantitative estimate of drug-likeness (QED) is 0.681. The van der Waals surface area contributed by atoms with Gasteiger partial charge >= 0.3 is 0 Å². The van der Waals surface area contributed by atoms with Gasteiger partial charge in [0.1, 0.15) is 0 Å². The van der Waals surface area contributed by atoms with Crippen molar-refractivity contribution in [2.24, 2.45) is 0 Å². The lowest BCUT2D eigenvalue weighted by Crippen LogP contribution is -2.36. The van der Waals surface area contributed by atoms with Gasteiger partial charge in [0.15, 0.2) is 0 Å². The van der Waals surface area contributed by atoms with Crippen molar-refractivity contribution in [2.45, 2.75) is 5.75 Å². The summed E-state index contributed by atoms with van der Waals surface area (Å²) in [6, 6.07) is 9.20. The van der Waals surface area contributed by atoms with Crippen molar-refractivity contribution in [2.75, 3.05) is 32.1 Å². The fourth-order valence-corrected chi connectivity index (χ4v) is 3.73. The second kappa shape index (κ2) is 7.89. The van der Waals surface area contributed by atoms with Gasteiger partial charge in [-0.25, -0.2) is 8.42 Å². The Hall–Kier alpha value is -0.430. The minimum Gasteiger partial charge on any atom is -0.383 e. The maximum atomic E-state index is 12.2. The van der Waals surface area contributed by atoms with Crippen LogP contribution in [0, 0.1) is 0 Å². The van der Waals surface area contributed by atoms with E-state index >= 15 is 0 Å². The molecule has 102 valence electrons. The van der Waals surface area contributed by atoms with Crippen LogP contribution in [0.1, 0.15) is 5.56 Å².